The van der Waals surface area contributed by atoms with E-state index >= 15 is 0 Å². The summed E-state index contributed by atoms with van der Waals surface area (Å²) >= 11 is 0. The number of nitrogens with zero attached hydrogens (tertiary/aromatic N) is 3. The number of nitrogens with one attached hydrogen (secondary N) is 1. The number of halogens is 1. The predicted molar refractivity (Wildman–Crippen MR) is 142 cm³/mol. The Balaban J connectivity index is 2.02. The number of likely N-dealkylation sites (N-methyl/N-ethyl adjacent to an activating group) is 1. The SMILES string of the molecule is C=CCN(C)C(/C=C(C)\C(=C/C)c1cc2cnc(NC(=O)C3CC3F)cc2n(C)c1=O)=C(/C)CC. The van der Waals surface area contributed by atoms with E-state index in [1.807, 2.05) is 39.1 Å². The predicted octanol–water partition coefficient (Wildman–Crippen LogP) is 5.38. The summed E-state index contributed by atoms with van der Waals surface area (Å²) < 4.78 is 14.8. The Kier molecular flexibility index (Phi) is 8.10. The maximum absolute atomic E-state index is 13.4. The summed E-state index contributed by atoms with van der Waals surface area (Å²) in [4.78, 5) is 32.0. The van der Waals surface area contributed by atoms with Crippen LogP contribution in [0, 0.1) is 5.92 Å². The van der Waals surface area contributed by atoms with Crippen molar-refractivity contribution < 1.29 is 9.18 Å². The number of allylic oxidation sites excluding steroid dienone is 5. The second-order valence-electron chi connectivity index (χ2n) is 9.12. The highest BCUT2D eigenvalue weighted by Crippen LogP contribution is 2.34. The first kappa shape index (κ1) is 26.1. The topological polar surface area (TPSA) is 67.2 Å². The summed E-state index contributed by atoms with van der Waals surface area (Å²) in [6, 6.07) is 3.49. The molecule has 1 N–H and O–H groups in total. The van der Waals surface area contributed by atoms with Crippen molar-refractivity contribution in [2.75, 3.05) is 18.9 Å². The van der Waals surface area contributed by atoms with Gasteiger partial charge in [0.15, 0.2) is 0 Å². The highest BCUT2D eigenvalue weighted by molar-refractivity contribution is 5.96. The van der Waals surface area contributed by atoms with Gasteiger partial charge in [-0.2, -0.15) is 0 Å². The molecule has 1 saturated carbocycles. The van der Waals surface area contributed by atoms with Gasteiger partial charge in [0.2, 0.25) is 5.91 Å². The second-order valence-corrected chi connectivity index (χ2v) is 9.12. The van der Waals surface area contributed by atoms with Gasteiger partial charge in [0.05, 0.1) is 11.4 Å². The van der Waals surface area contributed by atoms with E-state index in [9.17, 15) is 14.0 Å². The second kappa shape index (κ2) is 10.8. The number of amides is 1. The highest BCUT2D eigenvalue weighted by Gasteiger charge is 2.43. The Bertz CT molecular complexity index is 1300. The Morgan fingerprint density at radius 2 is 2.06 bits per heavy atom. The number of hydrogen-bond donors (Lipinski definition) is 1. The largest absolute Gasteiger partial charge is 0.371 e. The van der Waals surface area contributed by atoms with E-state index < -0.39 is 12.1 Å². The molecule has 1 aliphatic rings. The zero-order chi connectivity index (χ0) is 25.9. The van der Waals surface area contributed by atoms with E-state index in [1.54, 1.807) is 23.9 Å². The van der Waals surface area contributed by atoms with E-state index in [0.29, 0.717) is 16.9 Å². The van der Waals surface area contributed by atoms with Crippen LogP contribution in [0.1, 0.15) is 46.1 Å². The van der Waals surface area contributed by atoms with Crippen molar-refractivity contribution in [3.63, 3.8) is 0 Å². The van der Waals surface area contributed by atoms with E-state index in [2.05, 4.69) is 41.7 Å². The van der Waals surface area contributed by atoms with Crippen LogP contribution in [-0.2, 0) is 11.8 Å². The lowest BCUT2D eigenvalue weighted by molar-refractivity contribution is -0.117. The lowest BCUT2D eigenvalue weighted by Crippen LogP contribution is -2.22. The molecule has 2 aromatic heterocycles. The van der Waals surface area contributed by atoms with Gasteiger partial charge in [0, 0.05) is 49.6 Å². The van der Waals surface area contributed by atoms with Crippen LogP contribution in [0.15, 0.2) is 64.8 Å². The average molecular weight is 479 g/mol. The number of carbonyl (C=O) groups excluding carboxylic acids is 1. The number of hydrogen-bond acceptors (Lipinski definition) is 4. The third kappa shape index (κ3) is 5.61. The Labute approximate surface area is 206 Å². The van der Waals surface area contributed by atoms with Gasteiger partial charge in [-0.15, -0.1) is 6.58 Å². The Morgan fingerprint density at radius 1 is 1.37 bits per heavy atom. The van der Waals surface area contributed by atoms with Crippen molar-refractivity contribution in [3.05, 3.63) is 75.9 Å². The molecule has 1 aliphatic carbocycles. The molecule has 3 rings (SSSR count). The van der Waals surface area contributed by atoms with Gasteiger partial charge in [-0.05, 0) is 56.9 Å². The van der Waals surface area contributed by atoms with Gasteiger partial charge >= 0.3 is 0 Å². The molecule has 0 aliphatic heterocycles. The smallest absolute Gasteiger partial charge is 0.258 e. The molecule has 0 spiro atoms. The van der Waals surface area contributed by atoms with Gasteiger partial charge in [0.25, 0.3) is 5.56 Å². The van der Waals surface area contributed by atoms with Gasteiger partial charge in [-0.3, -0.25) is 9.59 Å². The maximum Gasteiger partial charge on any atom is 0.258 e. The van der Waals surface area contributed by atoms with Crippen LogP contribution < -0.4 is 10.9 Å². The summed E-state index contributed by atoms with van der Waals surface area (Å²) in [5.74, 6) is -0.677. The van der Waals surface area contributed by atoms with Gasteiger partial charge < -0.3 is 14.8 Å². The highest BCUT2D eigenvalue weighted by atomic mass is 19.1. The number of carbonyl (C=O) groups is 1. The maximum atomic E-state index is 13.4. The van der Waals surface area contributed by atoms with Gasteiger partial charge in [-0.25, -0.2) is 9.37 Å². The van der Waals surface area contributed by atoms with Crippen molar-refractivity contribution in [1.82, 2.24) is 14.5 Å². The molecular weight excluding hydrogens is 443 g/mol. The van der Waals surface area contributed by atoms with E-state index in [-0.39, 0.29) is 17.9 Å². The molecule has 2 heterocycles. The molecule has 0 saturated heterocycles. The molecular formula is C28H35FN4O2. The van der Waals surface area contributed by atoms with Crippen molar-refractivity contribution in [1.29, 1.82) is 0 Å². The Morgan fingerprint density at radius 3 is 2.63 bits per heavy atom. The number of pyridine rings is 2. The molecule has 0 radical (unpaired) electrons. The molecule has 2 unspecified atom stereocenters. The van der Waals surface area contributed by atoms with Crippen LogP contribution in [0.25, 0.3) is 16.5 Å². The summed E-state index contributed by atoms with van der Waals surface area (Å²) in [6.07, 6.45) is 7.65. The fourth-order valence-electron chi connectivity index (χ4n) is 4.19. The molecule has 7 heteroatoms. The van der Waals surface area contributed by atoms with Crippen molar-refractivity contribution in [2.45, 2.75) is 46.7 Å². The van der Waals surface area contributed by atoms with Gasteiger partial charge in [0.1, 0.15) is 12.0 Å². The zero-order valence-electron chi connectivity index (χ0n) is 21.5. The normalized spacial score (nSPS) is 18.8. The molecule has 2 aromatic rings. The first-order valence-electron chi connectivity index (χ1n) is 11.9. The first-order chi connectivity index (χ1) is 16.6. The van der Waals surface area contributed by atoms with Crippen LogP contribution in [-0.4, -0.2) is 40.1 Å². The van der Waals surface area contributed by atoms with Gasteiger partial charge in [-0.1, -0.05) is 24.6 Å². The minimum absolute atomic E-state index is 0.148. The zero-order valence-corrected chi connectivity index (χ0v) is 21.5. The molecule has 0 aromatic carbocycles. The quantitative estimate of drug-likeness (QED) is 0.388. The first-order valence-corrected chi connectivity index (χ1v) is 11.9. The minimum atomic E-state index is -1.08. The third-order valence-corrected chi connectivity index (χ3v) is 6.55. The number of fused-ring (bicyclic) bond motifs is 1. The summed E-state index contributed by atoms with van der Waals surface area (Å²) in [5, 5.41) is 3.43. The number of aromatic nitrogens is 2. The molecule has 2 atom stereocenters. The molecule has 0 bridgehead atoms. The molecule has 1 fully saturated rings. The van der Waals surface area contributed by atoms with Crippen molar-refractivity contribution in [3.8, 4) is 0 Å². The van der Waals surface area contributed by atoms with Crippen molar-refractivity contribution in [2.24, 2.45) is 13.0 Å². The molecule has 35 heavy (non-hydrogen) atoms. The summed E-state index contributed by atoms with van der Waals surface area (Å²) in [6.45, 7) is 12.7. The van der Waals surface area contributed by atoms with E-state index in [0.717, 1.165) is 35.2 Å². The van der Waals surface area contributed by atoms with Crippen LogP contribution in [0.3, 0.4) is 0 Å². The lowest BCUT2D eigenvalue weighted by Gasteiger charge is -2.22. The summed E-state index contributed by atoms with van der Waals surface area (Å²) in [5.41, 5.74) is 5.25. The molecule has 186 valence electrons. The monoisotopic (exact) mass is 478 g/mol. The summed E-state index contributed by atoms with van der Waals surface area (Å²) in [7, 11) is 3.73. The van der Waals surface area contributed by atoms with Crippen LogP contribution in [0.2, 0.25) is 0 Å². The minimum Gasteiger partial charge on any atom is -0.371 e. The van der Waals surface area contributed by atoms with E-state index in [1.165, 1.54) is 5.57 Å². The number of aryl methyl sites for hydroxylation is 1. The van der Waals surface area contributed by atoms with E-state index in [4.69, 9.17) is 0 Å². The number of rotatable bonds is 9. The van der Waals surface area contributed by atoms with Crippen LogP contribution in [0.4, 0.5) is 10.2 Å². The lowest BCUT2D eigenvalue weighted by atomic mass is 9.96. The fourth-order valence-corrected chi connectivity index (χ4v) is 4.19. The number of anilines is 1. The Hall–Kier alpha value is -3.48. The average Bonchev–Trinajstić information content (AvgIpc) is 3.57. The third-order valence-electron chi connectivity index (χ3n) is 6.55. The van der Waals surface area contributed by atoms with Crippen LogP contribution in [0.5, 0.6) is 0 Å². The molecule has 6 nitrogen and oxygen atoms in total. The van der Waals surface area contributed by atoms with Crippen molar-refractivity contribution >= 4 is 28.2 Å². The fraction of sp³-hybridized carbons (Fsp3) is 0.393. The standard InChI is InChI=1S/C28H35FN4O2/c1-8-11-32(6)24(17(4)9-2)12-18(5)20(10-3)21-13-19-16-30-26(15-25(19)33(7)28(21)35)31-27(34)22-14-23(22)29/h8,10,12-13,15-16,22-23H,1,9,11,14H2,2-7H3,(H,30,31,34)/b18-12-,20-10+,24-17-. The molecule has 1 amide bonds. The number of alkyl halides is 1. The van der Waals surface area contributed by atoms with Crippen LogP contribution >= 0.6 is 0 Å².